The van der Waals surface area contributed by atoms with Crippen LogP contribution in [0.5, 0.6) is 0 Å². The molecule has 5 nitrogen and oxygen atoms in total. The van der Waals surface area contributed by atoms with Crippen molar-refractivity contribution in [2.45, 2.75) is 45.1 Å². The van der Waals surface area contributed by atoms with Crippen LogP contribution in [0.15, 0.2) is 24.3 Å². The summed E-state index contributed by atoms with van der Waals surface area (Å²) < 4.78 is 4.61. The third kappa shape index (κ3) is 3.40. The second kappa shape index (κ2) is 7.24. The quantitative estimate of drug-likeness (QED) is 0.894. The van der Waals surface area contributed by atoms with Gasteiger partial charge in [0.05, 0.1) is 7.11 Å². The second-order valence-corrected chi connectivity index (χ2v) is 6.98. The van der Waals surface area contributed by atoms with Crippen molar-refractivity contribution in [3.05, 3.63) is 29.8 Å². The van der Waals surface area contributed by atoms with Crippen molar-refractivity contribution in [2.75, 3.05) is 19.0 Å². The number of benzene rings is 1. The van der Waals surface area contributed by atoms with E-state index in [-0.39, 0.29) is 5.91 Å². The summed E-state index contributed by atoms with van der Waals surface area (Å²) in [5.41, 5.74) is 1.21. The molecule has 1 saturated heterocycles. The number of nitrogens with one attached hydrogen (secondary N) is 1. The van der Waals surface area contributed by atoms with Crippen LogP contribution < -0.4 is 5.32 Å². The van der Waals surface area contributed by atoms with Crippen LogP contribution in [0, 0.1) is 11.8 Å². The third-order valence-corrected chi connectivity index (χ3v) is 5.54. The summed E-state index contributed by atoms with van der Waals surface area (Å²) >= 11 is 0. The topological polar surface area (TPSA) is 58.6 Å². The average Bonchev–Trinajstić information content (AvgIpc) is 2.62. The van der Waals surface area contributed by atoms with Crippen LogP contribution >= 0.6 is 0 Å². The molecular formula is C19H26N2O3. The monoisotopic (exact) mass is 330 g/mol. The predicted octanol–water partition coefficient (Wildman–Crippen LogP) is 3.91. The predicted molar refractivity (Wildman–Crippen MR) is 93.0 cm³/mol. The van der Waals surface area contributed by atoms with E-state index in [9.17, 15) is 9.59 Å². The standard InChI is InChI=1S/C19H26N2O3/c1-13-10-11-21(17-9-4-3-8-16(13)17)18(22)14-6-5-7-15(12-14)20-19(23)24-2/h5-7,12-13,16-17H,3-4,8-11H2,1-2H3,(H,20,23)/t13-,16-,17-/m0/s1. The summed E-state index contributed by atoms with van der Waals surface area (Å²) in [7, 11) is 1.32. The van der Waals surface area contributed by atoms with Gasteiger partial charge in [-0.3, -0.25) is 10.1 Å². The summed E-state index contributed by atoms with van der Waals surface area (Å²) in [6, 6.07) is 7.47. The van der Waals surface area contributed by atoms with Gasteiger partial charge < -0.3 is 9.64 Å². The molecule has 2 aliphatic rings. The molecule has 0 aromatic heterocycles. The molecule has 3 rings (SSSR count). The zero-order chi connectivity index (χ0) is 17.1. The molecule has 24 heavy (non-hydrogen) atoms. The van der Waals surface area contributed by atoms with Gasteiger partial charge in [0.25, 0.3) is 5.91 Å². The zero-order valence-corrected chi connectivity index (χ0v) is 14.5. The Morgan fingerprint density at radius 2 is 2.00 bits per heavy atom. The van der Waals surface area contributed by atoms with Crippen molar-refractivity contribution in [1.29, 1.82) is 0 Å². The van der Waals surface area contributed by atoms with E-state index < -0.39 is 6.09 Å². The number of hydrogen-bond donors (Lipinski definition) is 1. The number of carbonyl (C=O) groups is 2. The van der Waals surface area contributed by atoms with Crippen LogP contribution in [0.4, 0.5) is 10.5 Å². The Morgan fingerprint density at radius 3 is 2.79 bits per heavy atom. The molecule has 0 radical (unpaired) electrons. The lowest BCUT2D eigenvalue weighted by atomic mass is 9.72. The summed E-state index contributed by atoms with van der Waals surface area (Å²) in [6.07, 6.45) is 5.39. The molecule has 1 N–H and O–H groups in total. The number of anilines is 1. The van der Waals surface area contributed by atoms with Crippen LogP contribution in [0.1, 0.15) is 49.4 Å². The Labute approximate surface area is 143 Å². The maximum atomic E-state index is 13.1. The van der Waals surface area contributed by atoms with Gasteiger partial charge >= 0.3 is 6.09 Å². The fourth-order valence-corrected chi connectivity index (χ4v) is 4.23. The van der Waals surface area contributed by atoms with E-state index in [2.05, 4.69) is 21.9 Å². The molecule has 2 amide bonds. The van der Waals surface area contributed by atoms with Gasteiger partial charge in [0, 0.05) is 23.8 Å². The third-order valence-electron chi connectivity index (χ3n) is 5.54. The number of rotatable bonds is 2. The molecule has 3 atom stereocenters. The smallest absolute Gasteiger partial charge is 0.411 e. The lowest BCUT2D eigenvalue weighted by Crippen LogP contribution is -2.52. The van der Waals surface area contributed by atoms with Gasteiger partial charge in [-0.15, -0.1) is 0 Å². The maximum Gasteiger partial charge on any atom is 0.411 e. The normalized spacial score (nSPS) is 26.4. The minimum absolute atomic E-state index is 0.0762. The van der Waals surface area contributed by atoms with E-state index in [4.69, 9.17) is 0 Å². The molecule has 0 unspecified atom stereocenters. The Morgan fingerprint density at radius 1 is 1.21 bits per heavy atom. The number of hydrogen-bond acceptors (Lipinski definition) is 3. The molecule has 1 aliphatic heterocycles. The van der Waals surface area contributed by atoms with Crippen molar-refractivity contribution >= 4 is 17.7 Å². The van der Waals surface area contributed by atoms with E-state index in [1.165, 1.54) is 26.4 Å². The van der Waals surface area contributed by atoms with Crippen LogP contribution in [-0.4, -0.2) is 36.6 Å². The van der Waals surface area contributed by atoms with E-state index >= 15 is 0 Å². The lowest BCUT2D eigenvalue weighted by molar-refractivity contribution is 0.0218. The number of methoxy groups -OCH3 is 1. The minimum Gasteiger partial charge on any atom is -0.453 e. The van der Waals surface area contributed by atoms with Gasteiger partial charge in [-0.1, -0.05) is 25.8 Å². The molecule has 1 heterocycles. The Kier molecular flexibility index (Phi) is 5.07. The number of likely N-dealkylation sites (tertiary alicyclic amines) is 1. The van der Waals surface area contributed by atoms with Crippen molar-refractivity contribution in [2.24, 2.45) is 11.8 Å². The van der Waals surface area contributed by atoms with Gasteiger partial charge in [-0.05, 0) is 49.3 Å². The molecule has 130 valence electrons. The first kappa shape index (κ1) is 16.8. The molecule has 0 spiro atoms. The average molecular weight is 330 g/mol. The number of ether oxygens (including phenoxy) is 1. The fraction of sp³-hybridized carbons (Fsp3) is 0.579. The SMILES string of the molecule is COC(=O)Nc1cccc(C(=O)N2CC[C@H](C)[C@@H]3CCCC[C@@H]32)c1. The molecule has 1 aromatic carbocycles. The van der Waals surface area contributed by atoms with Crippen LogP contribution in [0.2, 0.25) is 0 Å². The molecule has 1 saturated carbocycles. The summed E-state index contributed by atoms with van der Waals surface area (Å²) in [4.78, 5) is 26.5. The van der Waals surface area contributed by atoms with Crippen LogP contribution in [0.25, 0.3) is 0 Å². The Hall–Kier alpha value is -2.04. The van der Waals surface area contributed by atoms with Gasteiger partial charge in [0.2, 0.25) is 0 Å². The largest absolute Gasteiger partial charge is 0.453 e. The molecule has 5 heteroatoms. The zero-order valence-electron chi connectivity index (χ0n) is 14.5. The number of carbonyl (C=O) groups excluding carboxylic acids is 2. The summed E-state index contributed by atoms with van der Waals surface area (Å²) in [5, 5.41) is 2.62. The molecule has 1 aliphatic carbocycles. The Balaban J connectivity index is 1.78. The van der Waals surface area contributed by atoms with Gasteiger partial charge in [-0.2, -0.15) is 0 Å². The van der Waals surface area contributed by atoms with Crippen molar-refractivity contribution in [3.8, 4) is 0 Å². The van der Waals surface area contributed by atoms with Crippen LogP contribution in [-0.2, 0) is 4.74 Å². The van der Waals surface area contributed by atoms with Crippen molar-refractivity contribution < 1.29 is 14.3 Å². The van der Waals surface area contributed by atoms with Gasteiger partial charge in [0.1, 0.15) is 0 Å². The summed E-state index contributed by atoms with van der Waals surface area (Å²) in [5.74, 6) is 1.41. The van der Waals surface area contributed by atoms with E-state index in [0.29, 0.717) is 29.1 Å². The maximum absolute atomic E-state index is 13.1. The van der Waals surface area contributed by atoms with E-state index in [1.54, 1.807) is 18.2 Å². The number of nitrogens with zero attached hydrogens (tertiary/aromatic N) is 1. The second-order valence-electron chi connectivity index (χ2n) is 6.98. The van der Waals surface area contributed by atoms with E-state index in [0.717, 1.165) is 19.4 Å². The molecule has 0 bridgehead atoms. The minimum atomic E-state index is -0.529. The number of fused-ring (bicyclic) bond motifs is 1. The van der Waals surface area contributed by atoms with Crippen LogP contribution in [0.3, 0.4) is 0 Å². The van der Waals surface area contributed by atoms with Gasteiger partial charge in [-0.25, -0.2) is 4.79 Å². The highest BCUT2D eigenvalue weighted by molar-refractivity contribution is 5.96. The molecular weight excluding hydrogens is 304 g/mol. The first-order valence-corrected chi connectivity index (χ1v) is 8.86. The highest BCUT2D eigenvalue weighted by Crippen LogP contribution is 2.39. The highest BCUT2D eigenvalue weighted by Gasteiger charge is 2.39. The first-order valence-electron chi connectivity index (χ1n) is 8.86. The number of amides is 2. The first-order chi connectivity index (χ1) is 11.6. The fourth-order valence-electron chi connectivity index (χ4n) is 4.23. The van der Waals surface area contributed by atoms with Crippen molar-refractivity contribution in [3.63, 3.8) is 0 Å². The van der Waals surface area contributed by atoms with Crippen molar-refractivity contribution in [1.82, 2.24) is 4.90 Å². The van der Waals surface area contributed by atoms with E-state index in [1.807, 2.05) is 6.07 Å². The summed E-state index contributed by atoms with van der Waals surface area (Å²) in [6.45, 7) is 3.15. The number of piperidine rings is 1. The highest BCUT2D eigenvalue weighted by atomic mass is 16.5. The molecule has 2 fully saturated rings. The van der Waals surface area contributed by atoms with Gasteiger partial charge in [0.15, 0.2) is 0 Å². The lowest BCUT2D eigenvalue weighted by Gasteiger charge is -2.47. The Bertz CT molecular complexity index is 616. The molecule has 1 aromatic rings.